The predicted molar refractivity (Wildman–Crippen MR) is 97.8 cm³/mol. The van der Waals surface area contributed by atoms with E-state index in [1.165, 1.54) is 6.33 Å². The normalized spacial score (nSPS) is 30.1. The number of rotatable bonds is 3. The van der Waals surface area contributed by atoms with Crippen molar-refractivity contribution >= 4 is 10.0 Å². The summed E-state index contributed by atoms with van der Waals surface area (Å²) in [5, 5.41) is 11.6. The van der Waals surface area contributed by atoms with E-state index in [0.717, 1.165) is 31.2 Å². The number of nitrogens with zero attached hydrogens (tertiary/aromatic N) is 3. The number of piperidine rings is 1. The molecule has 6 nitrogen and oxygen atoms in total. The standard InChI is InChI=1S/C19H25N3O3S/c1-21-13-18(20-14-21)26(24,25)22-12-11-19(23,15-7-3-2-4-8-15)16-9-5-6-10-17(16)22/h2-4,7-8,13-14,16-17,23H,5-6,9-12H2,1H3/t16-,17?,19-/m1/s1. The molecule has 2 heterocycles. The molecule has 0 amide bonds. The number of imidazole rings is 1. The molecule has 26 heavy (non-hydrogen) atoms. The van der Waals surface area contributed by atoms with E-state index in [-0.39, 0.29) is 17.0 Å². The topological polar surface area (TPSA) is 75.4 Å². The van der Waals surface area contributed by atoms with Crippen molar-refractivity contribution in [3.63, 3.8) is 0 Å². The first-order chi connectivity index (χ1) is 12.4. The molecule has 0 bridgehead atoms. The molecule has 1 aliphatic heterocycles. The number of sulfonamides is 1. The van der Waals surface area contributed by atoms with Crippen LogP contribution in [0.5, 0.6) is 0 Å². The lowest BCUT2D eigenvalue weighted by atomic mass is 9.67. The zero-order chi connectivity index (χ0) is 18.4. The van der Waals surface area contributed by atoms with Gasteiger partial charge in [-0.15, -0.1) is 0 Å². The third-order valence-corrected chi connectivity index (χ3v) is 7.76. The van der Waals surface area contributed by atoms with E-state index in [1.807, 2.05) is 30.3 Å². The van der Waals surface area contributed by atoms with Crippen molar-refractivity contribution in [1.82, 2.24) is 13.9 Å². The summed E-state index contributed by atoms with van der Waals surface area (Å²) in [5.41, 5.74) is -0.0746. The van der Waals surface area contributed by atoms with E-state index < -0.39 is 15.6 Å². The molecule has 7 heteroatoms. The van der Waals surface area contributed by atoms with Crippen LogP contribution in [0.3, 0.4) is 0 Å². The maximum Gasteiger partial charge on any atom is 0.262 e. The molecule has 1 N–H and O–H groups in total. The SMILES string of the molecule is Cn1cnc(S(=O)(=O)N2CC[C@@](O)(c3ccccc3)[C@@H]3CCCCC32)c1. The molecule has 1 unspecified atom stereocenters. The van der Waals surface area contributed by atoms with Gasteiger partial charge in [-0.3, -0.25) is 0 Å². The number of aromatic nitrogens is 2. The summed E-state index contributed by atoms with van der Waals surface area (Å²) in [6.45, 7) is 0.311. The van der Waals surface area contributed by atoms with Crippen LogP contribution in [-0.2, 0) is 22.7 Å². The molecule has 0 radical (unpaired) electrons. The Morgan fingerprint density at radius 2 is 1.92 bits per heavy atom. The molecule has 1 saturated heterocycles. The van der Waals surface area contributed by atoms with Crippen molar-refractivity contribution in [1.29, 1.82) is 0 Å². The van der Waals surface area contributed by atoms with Crippen LogP contribution in [0, 0.1) is 5.92 Å². The number of benzene rings is 1. The highest BCUT2D eigenvalue weighted by Gasteiger charge is 2.52. The summed E-state index contributed by atoms with van der Waals surface area (Å²) in [6, 6.07) is 9.52. The van der Waals surface area contributed by atoms with Crippen molar-refractivity contribution in [3.8, 4) is 0 Å². The van der Waals surface area contributed by atoms with Crippen LogP contribution < -0.4 is 0 Å². The van der Waals surface area contributed by atoms with E-state index in [2.05, 4.69) is 4.98 Å². The molecule has 4 rings (SSSR count). The van der Waals surface area contributed by atoms with Gasteiger partial charge in [0.25, 0.3) is 10.0 Å². The summed E-state index contributed by atoms with van der Waals surface area (Å²) in [6.07, 6.45) is 7.09. The Bertz CT molecular complexity index is 880. The maximum absolute atomic E-state index is 13.2. The monoisotopic (exact) mass is 375 g/mol. The van der Waals surface area contributed by atoms with Gasteiger partial charge in [-0.05, 0) is 24.8 Å². The minimum absolute atomic E-state index is 0.0918. The fourth-order valence-corrected chi connectivity index (χ4v) is 6.33. The Hall–Kier alpha value is -1.70. The van der Waals surface area contributed by atoms with Crippen LogP contribution in [-0.4, -0.2) is 40.0 Å². The average Bonchev–Trinajstić information content (AvgIpc) is 3.10. The second kappa shape index (κ2) is 6.48. The lowest BCUT2D eigenvalue weighted by Gasteiger charge is -2.51. The highest BCUT2D eigenvalue weighted by molar-refractivity contribution is 7.89. The predicted octanol–water partition coefficient (Wildman–Crippen LogP) is 2.26. The first-order valence-corrected chi connectivity index (χ1v) is 10.6. The minimum Gasteiger partial charge on any atom is -0.385 e. The molecule has 2 fully saturated rings. The van der Waals surface area contributed by atoms with Crippen LogP contribution in [0.25, 0.3) is 0 Å². The van der Waals surface area contributed by atoms with Crippen LogP contribution in [0.1, 0.15) is 37.7 Å². The summed E-state index contributed by atoms with van der Waals surface area (Å²) in [5.74, 6) is -0.0918. The molecule has 2 aromatic rings. The molecular formula is C19H25N3O3S. The summed E-state index contributed by atoms with van der Waals surface area (Å²) < 4.78 is 29.6. The smallest absolute Gasteiger partial charge is 0.262 e. The molecule has 140 valence electrons. The summed E-state index contributed by atoms with van der Waals surface area (Å²) in [4.78, 5) is 4.07. The third-order valence-electron chi connectivity index (χ3n) is 5.95. The molecular weight excluding hydrogens is 350 g/mol. The second-order valence-electron chi connectivity index (χ2n) is 7.49. The zero-order valence-electron chi connectivity index (χ0n) is 15.0. The maximum atomic E-state index is 13.2. The number of hydrogen-bond donors (Lipinski definition) is 1. The van der Waals surface area contributed by atoms with E-state index in [0.29, 0.717) is 13.0 Å². The Kier molecular flexibility index (Phi) is 4.41. The Labute approximate surface area is 154 Å². The molecule has 0 spiro atoms. The van der Waals surface area contributed by atoms with Gasteiger partial charge in [0.15, 0.2) is 5.03 Å². The fraction of sp³-hybridized carbons (Fsp3) is 0.526. The van der Waals surface area contributed by atoms with E-state index in [1.54, 1.807) is 22.1 Å². The summed E-state index contributed by atoms with van der Waals surface area (Å²) >= 11 is 0. The minimum atomic E-state index is -3.65. The van der Waals surface area contributed by atoms with Gasteiger partial charge >= 0.3 is 0 Å². The van der Waals surface area contributed by atoms with E-state index in [9.17, 15) is 13.5 Å². The number of aliphatic hydroxyl groups is 1. The fourth-order valence-electron chi connectivity index (χ4n) is 4.67. The van der Waals surface area contributed by atoms with Crippen molar-refractivity contribution < 1.29 is 13.5 Å². The lowest BCUT2D eigenvalue weighted by molar-refractivity contribution is -0.100. The number of fused-ring (bicyclic) bond motifs is 1. The van der Waals surface area contributed by atoms with Crippen molar-refractivity contribution in [2.45, 2.75) is 48.8 Å². The lowest BCUT2D eigenvalue weighted by Crippen LogP contribution is -2.58. The molecule has 1 aliphatic carbocycles. The van der Waals surface area contributed by atoms with Gasteiger partial charge in [-0.25, -0.2) is 13.4 Å². The van der Waals surface area contributed by atoms with E-state index in [4.69, 9.17) is 0 Å². The van der Waals surface area contributed by atoms with Gasteiger partial charge < -0.3 is 9.67 Å². The molecule has 1 aromatic carbocycles. The van der Waals surface area contributed by atoms with Crippen molar-refractivity contribution in [3.05, 3.63) is 48.4 Å². The highest BCUT2D eigenvalue weighted by Crippen LogP contribution is 2.48. The first kappa shape index (κ1) is 17.7. The number of hydrogen-bond acceptors (Lipinski definition) is 4. The van der Waals surface area contributed by atoms with Gasteiger partial charge in [0.1, 0.15) is 0 Å². The molecule has 3 atom stereocenters. The first-order valence-electron chi connectivity index (χ1n) is 9.20. The van der Waals surface area contributed by atoms with Gasteiger partial charge in [0.05, 0.1) is 11.9 Å². The van der Waals surface area contributed by atoms with E-state index >= 15 is 0 Å². The second-order valence-corrected chi connectivity index (χ2v) is 9.33. The zero-order valence-corrected chi connectivity index (χ0v) is 15.8. The van der Waals surface area contributed by atoms with Gasteiger partial charge in [-0.1, -0.05) is 43.2 Å². The van der Waals surface area contributed by atoms with Crippen LogP contribution in [0.4, 0.5) is 0 Å². The van der Waals surface area contributed by atoms with Crippen molar-refractivity contribution in [2.24, 2.45) is 13.0 Å². The van der Waals surface area contributed by atoms with Crippen LogP contribution in [0.15, 0.2) is 47.9 Å². The largest absolute Gasteiger partial charge is 0.385 e. The van der Waals surface area contributed by atoms with Gasteiger partial charge in [-0.2, -0.15) is 4.31 Å². The molecule has 1 saturated carbocycles. The Morgan fingerprint density at radius 1 is 1.19 bits per heavy atom. The molecule has 1 aromatic heterocycles. The highest BCUT2D eigenvalue weighted by atomic mass is 32.2. The summed E-state index contributed by atoms with van der Waals surface area (Å²) in [7, 11) is -1.89. The van der Waals surface area contributed by atoms with Crippen molar-refractivity contribution in [2.75, 3.05) is 6.54 Å². The Balaban J connectivity index is 1.71. The third kappa shape index (κ3) is 2.78. The van der Waals surface area contributed by atoms with Gasteiger partial charge in [0, 0.05) is 31.7 Å². The molecule has 2 aliphatic rings. The van der Waals surface area contributed by atoms with Crippen LogP contribution in [0.2, 0.25) is 0 Å². The number of aryl methyl sites for hydroxylation is 1. The van der Waals surface area contributed by atoms with Gasteiger partial charge in [0.2, 0.25) is 0 Å². The Morgan fingerprint density at radius 3 is 2.62 bits per heavy atom. The van der Waals surface area contributed by atoms with Crippen LogP contribution >= 0.6 is 0 Å². The quantitative estimate of drug-likeness (QED) is 0.893. The average molecular weight is 375 g/mol.